The van der Waals surface area contributed by atoms with Crippen molar-refractivity contribution < 1.29 is 4.74 Å². The topological polar surface area (TPSA) is 61.3 Å². The minimum absolute atomic E-state index is 0.0170. The lowest BCUT2D eigenvalue weighted by molar-refractivity contribution is 0.414. The monoisotopic (exact) mass is 194 g/mol. The van der Waals surface area contributed by atoms with Crippen LogP contribution in [0.3, 0.4) is 0 Å². The number of nitrogens with two attached hydrogens (primary N) is 2. The molecule has 14 heavy (non-hydrogen) atoms. The van der Waals surface area contributed by atoms with Gasteiger partial charge in [-0.15, -0.1) is 0 Å². The summed E-state index contributed by atoms with van der Waals surface area (Å²) in [7, 11) is 1.66. The fourth-order valence-corrected chi connectivity index (χ4v) is 1.22. The molecule has 3 heteroatoms. The molecule has 2 atom stereocenters. The van der Waals surface area contributed by atoms with Crippen molar-refractivity contribution in [3.8, 4) is 5.75 Å². The molecule has 1 rings (SSSR count). The van der Waals surface area contributed by atoms with Crippen LogP contribution in [0.4, 0.5) is 0 Å². The molecule has 1 aromatic carbocycles. The lowest BCUT2D eigenvalue weighted by Crippen LogP contribution is -2.40. The van der Waals surface area contributed by atoms with Gasteiger partial charge in [-0.25, -0.2) is 0 Å². The summed E-state index contributed by atoms with van der Waals surface area (Å²) in [5, 5.41) is 0. The van der Waals surface area contributed by atoms with E-state index in [1.165, 1.54) is 5.56 Å². The normalized spacial score (nSPS) is 14.9. The van der Waals surface area contributed by atoms with E-state index in [1.807, 2.05) is 31.2 Å². The molecule has 2 unspecified atom stereocenters. The molecule has 0 saturated heterocycles. The van der Waals surface area contributed by atoms with Gasteiger partial charge in [-0.1, -0.05) is 12.1 Å². The van der Waals surface area contributed by atoms with Crippen molar-refractivity contribution in [2.75, 3.05) is 7.11 Å². The molecule has 78 valence electrons. The minimum Gasteiger partial charge on any atom is -0.497 e. The van der Waals surface area contributed by atoms with Crippen LogP contribution < -0.4 is 16.2 Å². The van der Waals surface area contributed by atoms with Gasteiger partial charge in [0.15, 0.2) is 0 Å². The van der Waals surface area contributed by atoms with E-state index in [0.717, 1.165) is 12.2 Å². The Kier molecular flexibility index (Phi) is 3.92. The Labute approximate surface area is 85.0 Å². The van der Waals surface area contributed by atoms with Crippen molar-refractivity contribution in [2.45, 2.75) is 25.4 Å². The van der Waals surface area contributed by atoms with Crippen molar-refractivity contribution in [2.24, 2.45) is 11.5 Å². The van der Waals surface area contributed by atoms with E-state index < -0.39 is 0 Å². The fraction of sp³-hybridized carbons (Fsp3) is 0.455. The van der Waals surface area contributed by atoms with Crippen molar-refractivity contribution in [1.29, 1.82) is 0 Å². The van der Waals surface area contributed by atoms with E-state index in [4.69, 9.17) is 16.2 Å². The second kappa shape index (κ2) is 4.98. The van der Waals surface area contributed by atoms with Crippen LogP contribution >= 0.6 is 0 Å². The molecule has 0 aromatic heterocycles. The summed E-state index contributed by atoms with van der Waals surface area (Å²) >= 11 is 0. The molecular formula is C11H18N2O. The highest BCUT2D eigenvalue weighted by Crippen LogP contribution is 2.12. The molecular weight excluding hydrogens is 176 g/mol. The highest BCUT2D eigenvalue weighted by molar-refractivity contribution is 5.27. The largest absolute Gasteiger partial charge is 0.497 e. The predicted molar refractivity (Wildman–Crippen MR) is 58.3 cm³/mol. The average molecular weight is 194 g/mol. The first kappa shape index (κ1) is 11.0. The Balaban J connectivity index is 2.59. The summed E-state index contributed by atoms with van der Waals surface area (Å²) in [6, 6.07) is 7.94. The molecule has 0 saturated carbocycles. The molecule has 0 aliphatic carbocycles. The van der Waals surface area contributed by atoms with Gasteiger partial charge in [-0.2, -0.15) is 0 Å². The van der Waals surface area contributed by atoms with E-state index >= 15 is 0 Å². The van der Waals surface area contributed by atoms with Crippen molar-refractivity contribution in [3.05, 3.63) is 29.8 Å². The van der Waals surface area contributed by atoms with E-state index in [-0.39, 0.29) is 12.1 Å². The smallest absolute Gasteiger partial charge is 0.118 e. The zero-order chi connectivity index (χ0) is 10.6. The molecule has 0 heterocycles. The van der Waals surface area contributed by atoms with Crippen molar-refractivity contribution >= 4 is 0 Å². The SMILES string of the molecule is COc1ccc(CC(N)C(C)N)cc1. The van der Waals surface area contributed by atoms with Crippen LogP contribution in [0.5, 0.6) is 5.75 Å². The van der Waals surface area contributed by atoms with Crippen LogP contribution in [-0.4, -0.2) is 19.2 Å². The summed E-state index contributed by atoms with van der Waals surface area (Å²) in [5.74, 6) is 0.864. The zero-order valence-electron chi connectivity index (χ0n) is 8.73. The summed E-state index contributed by atoms with van der Waals surface area (Å²) < 4.78 is 5.07. The molecule has 0 spiro atoms. The number of methoxy groups -OCH3 is 1. The van der Waals surface area contributed by atoms with Gasteiger partial charge >= 0.3 is 0 Å². The van der Waals surface area contributed by atoms with Gasteiger partial charge < -0.3 is 16.2 Å². The summed E-state index contributed by atoms with van der Waals surface area (Å²) in [4.78, 5) is 0. The Morgan fingerprint density at radius 3 is 2.21 bits per heavy atom. The second-order valence-corrected chi connectivity index (χ2v) is 3.58. The molecule has 0 aliphatic rings. The third-order valence-electron chi connectivity index (χ3n) is 2.31. The molecule has 0 radical (unpaired) electrons. The number of hydrogen-bond acceptors (Lipinski definition) is 3. The average Bonchev–Trinajstić information content (AvgIpc) is 2.19. The number of ether oxygens (including phenoxy) is 1. The maximum atomic E-state index is 5.86. The van der Waals surface area contributed by atoms with Gasteiger partial charge in [0.1, 0.15) is 5.75 Å². The summed E-state index contributed by atoms with van der Waals surface area (Å²) in [6.45, 7) is 1.92. The molecule has 0 fully saturated rings. The maximum absolute atomic E-state index is 5.86. The lowest BCUT2D eigenvalue weighted by Gasteiger charge is -2.15. The van der Waals surface area contributed by atoms with E-state index in [0.29, 0.717) is 0 Å². The Bertz CT molecular complexity index is 269. The van der Waals surface area contributed by atoms with Crippen LogP contribution in [0.25, 0.3) is 0 Å². The second-order valence-electron chi connectivity index (χ2n) is 3.58. The van der Waals surface area contributed by atoms with Crippen LogP contribution in [0.1, 0.15) is 12.5 Å². The highest BCUT2D eigenvalue weighted by atomic mass is 16.5. The first-order valence-corrected chi connectivity index (χ1v) is 4.77. The highest BCUT2D eigenvalue weighted by Gasteiger charge is 2.08. The minimum atomic E-state index is 0.0170. The van der Waals surface area contributed by atoms with Crippen molar-refractivity contribution in [3.63, 3.8) is 0 Å². The van der Waals surface area contributed by atoms with Crippen LogP contribution in [0.15, 0.2) is 24.3 Å². The van der Waals surface area contributed by atoms with Gasteiger partial charge in [0.2, 0.25) is 0 Å². The first-order chi connectivity index (χ1) is 6.63. The van der Waals surface area contributed by atoms with Gasteiger partial charge in [-0.3, -0.25) is 0 Å². The molecule has 0 amide bonds. The molecule has 1 aromatic rings. The van der Waals surface area contributed by atoms with E-state index in [1.54, 1.807) is 7.11 Å². The molecule has 3 nitrogen and oxygen atoms in total. The lowest BCUT2D eigenvalue weighted by atomic mass is 10.0. The Hall–Kier alpha value is -1.06. The van der Waals surface area contributed by atoms with Gasteiger partial charge in [0, 0.05) is 12.1 Å². The van der Waals surface area contributed by atoms with Crippen LogP contribution in [0.2, 0.25) is 0 Å². The predicted octanol–water partition coefficient (Wildman–Crippen LogP) is 0.912. The summed E-state index contributed by atoms with van der Waals surface area (Å²) in [6.07, 6.45) is 0.807. The fourth-order valence-electron chi connectivity index (χ4n) is 1.22. The number of benzene rings is 1. The number of hydrogen-bond donors (Lipinski definition) is 2. The van der Waals surface area contributed by atoms with E-state index in [9.17, 15) is 0 Å². The van der Waals surface area contributed by atoms with E-state index in [2.05, 4.69) is 0 Å². The van der Waals surface area contributed by atoms with Gasteiger partial charge in [0.25, 0.3) is 0 Å². The molecule has 0 bridgehead atoms. The third-order valence-corrected chi connectivity index (χ3v) is 2.31. The maximum Gasteiger partial charge on any atom is 0.118 e. The summed E-state index contributed by atoms with van der Waals surface area (Å²) in [5.41, 5.74) is 12.7. The van der Waals surface area contributed by atoms with Crippen LogP contribution in [-0.2, 0) is 6.42 Å². The van der Waals surface area contributed by atoms with Crippen LogP contribution in [0, 0.1) is 0 Å². The zero-order valence-corrected chi connectivity index (χ0v) is 8.73. The molecule has 0 aliphatic heterocycles. The Morgan fingerprint density at radius 2 is 1.79 bits per heavy atom. The van der Waals surface area contributed by atoms with Gasteiger partial charge in [-0.05, 0) is 31.0 Å². The van der Waals surface area contributed by atoms with Gasteiger partial charge in [0.05, 0.1) is 7.11 Å². The standard InChI is InChI=1S/C11H18N2O/c1-8(12)11(13)7-9-3-5-10(14-2)6-4-9/h3-6,8,11H,7,12-13H2,1-2H3. The Morgan fingerprint density at radius 1 is 1.21 bits per heavy atom. The first-order valence-electron chi connectivity index (χ1n) is 4.77. The quantitative estimate of drug-likeness (QED) is 0.749. The number of rotatable bonds is 4. The molecule has 4 N–H and O–H groups in total. The third kappa shape index (κ3) is 3.01. The van der Waals surface area contributed by atoms with Crippen molar-refractivity contribution in [1.82, 2.24) is 0 Å².